The van der Waals surface area contributed by atoms with Gasteiger partial charge < -0.3 is 0 Å². The highest BCUT2D eigenvalue weighted by Gasteiger charge is 2.49. The van der Waals surface area contributed by atoms with E-state index in [0.29, 0.717) is 0 Å². The minimum Gasteiger partial charge on any atom is -0.207 e. The first kappa shape index (κ1) is 11.8. The van der Waals surface area contributed by atoms with Gasteiger partial charge in [0, 0.05) is 6.07 Å². The van der Waals surface area contributed by atoms with Crippen molar-refractivity contribution in [1.29, 1.82) is 0 Å². The molecule has 17 heavy (non-hydrogen) atoms. The second-order valence-corrected chi connectivity index (χ2v) is 4.78. The van der Waals surface area contributed by atoms with Crippen LogP contribution >= 0.6 is 0 Å². The molecule has 0 bridgehead atoms. The number of hydrogen-bond acceptors (Lipinski definition) is 4. The molecule has 0 atom stereocenters. The van der Waals surface area contributed by atoms with Crippen molar-refractivity contribution in [3.05, 3.63) is 24.0 Å². The largest absolute Gasteiger partial charge is 0.518 e. The van der Waals surface area contributed by atoms with Gasteiger partial charge in [-0.2, -0.15) is 21.6 Å². The fraction of sp³-hybridized carbons (Fsp3) is 0.143. The van der Waals surface area contributed by atoms with Crippen LogP contribution in [-0.4, -0.2) is 28.3 Å². The summed E-state index contributed by atoms with van der Waals surface area (Å²) in [7, 11) is -5.65. The maximum absolute atomic E-state index is 12.7. The first-order valence-electron chi connectivity index (χ1n) is 4.06. The van der Waals surface area contributed by atoms with E-state index in [2.05, 4.69) is 10.3 Å². The van der Waals surface area contributed by atoms with Gasteiger partial charge in [0.1, 0.15) is 16.9 Å². The molecule has 0 fully saturated rings. The maximum atomic E-state index is 12.7. The van der Waals surface area contributed by atoms with Crippen LogP contribution in [0.15, 0.2) is 18.2 Å². The van der Waals surface area contributed by atoms with Crippen LogP contribution in [0.1, 0.15) is 0 Å². The predicted octanol–water partition coefficient (Wildman–Crippen LogP) is 1.27. The Labute approximate surface area is 91.7 Å². The molecule has 0 unspecified atom stereocenters. The lowest BCUT2D eigenvalue weighted by Crippen LogP contribution is -2.30. The van der Waals surface area contributed by atoms with Crippen molar-refractivity contribution in [3.63, 3.8) is 0 Å². The molecule has 2 rings (SSSR count). The van der Waals surface area contributed by atoms with Gasteiger partial charge in [-0.1, -0.05) is 5.21 Å². The molecule has 0 aliphatic carbocycles. The first-order valence-corrected chi connectivity index (χ1v) is 5.50. The van der Waals surface area contributed by atoms with Crippen LogP contribution in [0.3, 0.4) is 0 Å². The lowest BCUT2D eigenvalue weighted by atomic mass is 10.3. The van der Waals surface area contributed by atoms with Crippen molar-refractivity contribution >= 4 is 21.1 Å². The predicted molar refractivity (Wildman–Crippen MR) is 47.9 cm³/mol. The van der Waals surface area contributed by atoms with E-state index in [4.69, 9.17) is 0 Å². The molecule has 5 nitrogen and oxygen atoms in total. The van der Waals surface area contributed by atoms with E-state index in [0.717, 1.165) is 18.2 Å². The summed E-state index contributed by atoms with van der Waals surface area (Å²) in [5, 5.41) is 6.02. The number of nitrogens with zero attached hydrogens (tertiary/aromatic N) is 3. The number of aromatic nitrogens is 3. The van der Waals surface area contributed by atoms with E-state index in [1.165, 1.54) is 0 Å². The molecule has 0 N–H and O–H groups in total. The van der Waals surface area contributed by atoms with Gasteiger partial charge in [-0.15, -0.1) is 9.19 Å². The monoisotopic (exact) mass is 269 g/mol. The molecular weight excluding hydrogens is 266 g/mol. The average molecular weight is 269 g/mol. The van der Waals surface area contributed by atoms with Gasteiger partial charge in [0.15, 0.2) is 0 Å². The molecular formula is C7H3F4N3O2S. The van der Waals surface area contributed by atoms with E-state index >= 15 is 0 Å². The van der Waals surface area contributed by atoms with Crippen molar-refractivity contribution in [2.45, 2.75) is 5.51 Å². The fourth-order valence-corrected chi connectivity index (χ4v) is 1.89. The van der Waals surface area contributed by atoms with E-state index in [9.17, 15) is 26.0 Å². The zero-order chi connectivity index (χ0) is 12.8. The van der Waals surface area contributed by atoms with Crippen LogP contribution in [0.4, 0.5) is 17.6 Å². The van der Waals surface area contributed by atoms with E-state index in [1.807, 2.05) is 0 Å². The third-order valence-electron chi connectivity index (χ3n) is 1.90. The summed E-state index contributed by atoms with van der Waals surface area (Å²) in [4.78, 5) is 0. The highest BCUT2D eigenvalue weighted by atomic mass is 32.2. The summed E-state index contributed by atoms with van der Waals surface area (Å²) < 4.78 is 71.3. The molecule has 10 heteroatoms. The van der Waals surface area contributed by atoms with Crippen molar-refractivity contribution < 1.29 is 26.0 Å². The second-order valence-electron chi connectivity index (χ2n) is 3.02. The summed E-state index contributed by atoms with van der Waals surface area (Å²) in [6.07, 6.45) is 0. The molecule has 0 amide bonds. The van der Waals surface area contributed by atoms with E-state index in [-0.39, 0.29) is 9.60 Å². The zero-order valence-corrected chi connectivity index (χ0v) is 8.63. The smallest absolute Gasteiger partial charge is 0.207 e. The highest BCUT2D eigenvalue weighted by Crippen LogP contribution is 2.27. The molecule has 1 heterocycles. The van der Waals surface area contributed by atoms with Crippen LogP contribution < -0.4 is 0 Å². The summed E-state index contributed by atoms with van der Waals surface area (Å²) in [5.41, 5.74) is -6.22. The van der Waals surface area contributed by atoms with Crippen LogP contribution in [0.25, 0.3) is 11.0 Å². The molecule has 0 radical (unpaired) electrons. The number of fused-ring (bicyclic) bond motifs is 1. The van der Waals surface area contributed by atoms with Gasteiger partial charge >= 0.3 is 15.5 Å². The van der Waals surface area contributed by atoms with Crippen molar-refractivity contribution in [3.8, 4) is 0 Å². The number of rotatable bonds is 1. The number of alkyl halides is 3. The lowest BCUT2D eigenvalue weighted by Gasteiger charge is -2.07. The summed E-state index contributed by atoms with van der Waals surface area (Å²) >= 11 is 0. The molecule has 0 aliphatic rings. The first-order chi connectivity index (χ1) is 7.73. The molecule has 0 saturated carbocycles. The topological polar surface area (TPSA) is 64.8 Å². The lowest BCUT2D eigenvalue weighted by molar-refractivity contribution is -0.0448. The Morgan fingerprint density at radius 1 is 1.24 bits per heavy atom. The SMILES string of the molecule is O=S(=O)(n1nnc2cc(F)ccc21)C(F)(F)F. The number of benzene rings is 1. The second kappa shape index (κ2) is 3.39. The Kier molecular flexibility index (Phi) is 2.35. The van der Waals surface area contributed by atoms with Crippen molar-refractivity contribution in [2.24, 2.45) is 0 Å². The number of halogens is 4. The quantitative estimate of drug-likeness (QED) is 0.731. The summed E-state index contributed by atoms with van der Waals surface area (Å²) in [5.74, 6) is -0.756. The minimum atomic E-state index is -5.65. The highest BCUT2D eigenvalue weighted by molar-refractivity contribution is 7.90. The van der Waals surface area contributed by atoms with Crippen LogP contribution in [0.5, 0.6) is 0 Å². The molecule has 1 aromatic heterocycles. The Morgan fingerprint density at radius 2 is 1.88 bits per heavy atom. The molecule has 2 aromatic rings. The van der Waals surface area contributed by atoms with Gasteiger partial charge in [-0.25, -0.2) is 4.39 Å². The standard InChI is InChI=1S/C7H3F4N3O2S/c8-4-1-2-6-5(3-4)12-13-14(6)17(15,16)7(9,10)11/h1-3H. The van der Waals surface area contributed by atoms with Crippen LogP contribution in [-0.2, 0) is 10.0 Å². The van der Waals surface area contributed by atoms with Crippen molar-refractivity contribution in [2.75, 3.05) is 0 Å². The Morgan fingerprint density at radius 3 is 2.47 bits per heavy atom. The summed E-state index contributed by atoms with van der Waals surface area (Å²) in [6.45, 7) is 0. The van der Waals surface area contributed by atoms with Gasteiger partial charge in [-0.05, 0) is 12.1 Å². The zero-order valence-electron chi connectivity index (χ0n) is 7.81. The Hall–Kier alpha value is -1.71. The third-order valence-corrected chi connectivity index (χ3v) is 3.21. The Bertz CT molecular complexity index is 676. The number of hydrogen-bond donors (Lipinski definition) is 0. The third kappa shape index (κ3) is 1.73. The normalized spacial score (nSPS) is 13.2. The van der Waals surface area contributed by atoms with E-state index < -0.39 is 26.9 Å². The van der Waals surface area contributed by atoms with Gasteiger partial charge in [0.2, 0.25) is 0 Å². The van der Waals surface area contributed by atoms with Gasteiger partial charge in [0.25, 0.3) is 0 Å². The molecule has 0 saturated heterocycles. The van der Waals surface area contributed by atoms with Crippen LogP contribution in [0.2, 0.25) is 0 Å². The average Bonchev–Trinajstić information content (AvgIpc) is 2.58. The minimum absolute atomic E-state index is 0.276. The van der Waals surface area contributed by atoms with Gasteiger partial charge in [0.05, 0.1) is 0 Å². The fourth-order valence-electron chi connectivity index (χ4n) is 1.15. The molecule has 92 valence electrons. The molecule has 0 aliphatic heterocycles. The molecule has 0 spiro atoms. The summed E-state index contributed by atoms with van der Waals surface area (Å²) in [6, 6.07) is 2.45. The Balaban J connectivity index is 2.74. The van der Waals surface area contributed by atoms with E-state index in [1.54, 1.807) is 0 Å². The maximum Gasteiger partial charge on any atom is 0.518 e. The van der Waals surface area contributed by atoms with Crippen molar-refractivity contribution in [1.82, 2.24) is 14.4 Å². The van der Waals surface area contributed by atoms with Crippen LogP contribution in [0, 0.1) is 5.82 Å². The molecule has 1 aromatic carbocycles. The van der Waals surface area contributed by atoms with Gasteiger partial charge in [-0.3, -0.25) is 0 Å².